The average Bonchev–Trinajstić information content (AvgIpc) is 1.72. The summed E-state index contributed by atoms with van der Waals surface area (Å²) in [7, 11) is -3.48. The van der Waals surface area contributed by atoms with Gasteiger partial charge in [0, 0.05) is 134 Å². The zero-order valence-electron chi connectivity index (χ0n) is 73.4. The molecule has 0 bridgehead atoms. The third-order valence-electron chi connectivity index (χ3n) is 23.2. The lowest BCUT2D eigenvalue weighted by Crippen LogP contribution is -2.27. The summed E-state index contributed by atoms with van der Waals surface area (Å²) < 4.78 is 62.2. The Hall–Kier alpha value is -10.4. The van der Waals surface area contributed by atoms with Crippen molar-refractivity contribution in [1.29, 1.82) is 0 Å². The molecule has 3 saturated carbocycles. The highest BCUT2D eigenvalue weighted by Crippen LogP contribution is 2.42. The second-order valence-electron chi connectivity index (χ2n) is 37.1. The molecular formula is C99H121ClN12O9Si3. The van der Waals surface area contributed by atoms with Gasteiger partial charge in [0.05, 0.1) is 54.7 Å². The molecular weight excluding hydrogens is 1620 g/mol. The largest absolute Gasteiger partial charge is 0.493 e. The van der Waals surface area contributed by atoms with E-state index in [0.717, 1.165) is 183 Å². The first-order valence-corrected chi connectivity index (χ1v) is 55.8. The zero-order valence-corrected chi connectivity index (χ0v) is 77.1. The van der Waals surface area contributed by atoms with Crippen molar-refractivity contribution in [3.8, 4) is 85.5 Å². The highest BCUT2D eigenvalue weighted by atomic mass is 35.5. The Morgan fingerprint density at radius 3 is 0.984 bits per heavy atom. The number of fused-ring (bicyclic) bond motifs is 3. The minimum atomic E-state index is -1.16. The van der Waals surface area contributed by atoms with Gasteiger partial charge in [-0.3, -0.25) is 0 Å². The van der Waals surface area contributed by atoms with Crippen LogP contribution in [0.15, 0.2) is 219 Å². The molecule has 25 heteroatoms. The van der Waals surface area contributed by atoms with Crippen LogP contribution in [0.5, 0.6) is 51.7 Å². The number of anilines is 2. The summed E-state index contributed by atoms with van der Waals surface area (Å²) in [6.07, 6.45) is 25.3. The van der Waals surface area contributed by atoms with Gasteiger partial charge in [-0.15, -0.1) is 0 Å². The number of aromatic nitrogens is 9. The number of nitrogens with two attached hydrogens (primary N) is 1. The summed E-state index contributed by atoms with van der Waals surface area (Å²) in [5.74, 6) is 12.2. The van der Waals surface area contributed by atoms with Gasteiger partial charge in [0.2, 0.25) is 0 Å². The minimum absolute atomic E-state index is 0.0937. The molecule has 3 fully saturated rings. The van der Waals surface area contributed by atoms with E-state index < -0.39 is 24.2 Å². The summed E-state index contributed by atoms with van der Waals surface area (Å²) in [6.45, 7) is 26.8. The van der Waals surface area contributed by atoms with Crippen molar-refractivity contribution in [2.75, 3.05) is 50.3 Å². The van der Waals surface area contributed by atoms with E-state index >= 15 is 0 Å². The lowest BCUT2D eigenvalue weighted by atomic mass is 9.93. The molecule has 0 radical (unpaired) electrons. The number of hydrogen-bond donors (Lipinski definition) is 3. The van der Waals surface area contributed by atoms with E-state index in [4.69, 9.17) is 74.9 Å². The number of hydrogen-bond acceptors (Lipinski definition) is 18. The van der Waals surface area contributed by atoms with Crippen LogP contribution in [0.3, 0.4) is 0 Å². The fourth-order valence-electron chi connectivity index (χ4n) is 15.2. The number of ether oxygens (including phenoxy) is 9. The molecule has 124 heavy (non-hydrogen) atoms. The van der Waals surface area contributed by atoms with E-state index in [9.17, 15) is 0 Å². The van der Waals surface area contributed by atoms with E-state index in [-0.39, 0.29) is 17.8 Å². The van der Waals surface area contributed by atoms with Gasteiger partial charge in [-0.05, 0) is 178 Å². The number of benzene rings is 6. The number of pyridine rings is 3. The van der Waals surface area contributed by atoms with Crippen LogP contribution in [0.2, 0.25) is 82.2 Å². The van der Waals surface area contributed by atoms with E-state index in [1.165, 1.54) is 57.8 Å². The maximum atomic E-state index is 6.26. The monoisotopic (exact) mass is 1740 g/mol. The Balaban J connectivity index is 0.000000140. The highest BCUT2D eigenvalue weighted by molar-refractivity contribution is 6.76. The van der Waals surface area contributed by atoms with Gasteiger partial charge in [-0.25, -0.2) is 29.9 Å². The first-order chi connectivity index (χ1) is 60.0. The molecule has 3 aliphatic carbocycles. The summed E-state index contributed by atoms with van der Waals surface area (Å²) in [5, 5.41) is 7.38. The van der Waals surface area contributed by atoms with Gasteiger partial charge in [-0.1, -0.05) is 168 Å². The van der Waals surface area contributed by atoms with E-state index in [1.807, 2.05) is 97.1 Å². The maximum Gasteiger partial charge on any atom is 0.132 e. The Labute approximate surface area is 739 Å². The number of nitrogens with one attached hydrogen (secondary N) is 2. The van der Waals surface area contributed by atoms with Crippen LogP contribution in [-0.2, 0) is 53.7 Å². The first kappa shape index (κ1) is 88.4. The molecule has 3 unspecified atom stereocenters. The molecule has 21 nitrogen and oxygen atoms in total. The number of halogens is 1. The topological polar surface area (TPSA) is 225 Å². The van der Waals surface area contributed by atoms with Gasteiger partial charge >= 0.3 is 0 Å². The number of imidazole rings is 3. The minimum Gasteiger partial charge on any atom is -0.493 e. The molecule has 0 saturated heterocycles. The molecule has 9 heterocycles. The van der Waals surface area contributed by atoms with Crippen molar-refractivity contribution in [3.05, 3.63) is 258 Å². The zero-order chi connectivity index (χ0) is 86.0. The van der Waals surface area contributed by atoms with Crippen LogP contribution < -0.4 is 44.8 Å². The van der Waals surface area contributed by atoms with E-state index in [2.05, 4.69) is 190 Å². The molecule has 4 N–H and O–H groups in total. The van der Waals surface area contributed by atoms with Crippen LogP contribution in [0, 0.1) is 0 Å². The highest BCUT2D eigenvalue weighted by Gasteiger charge is 2.32. The number of rotatable bonds is 31. The normalized spacial score (nSPS) is 16.8. The van der Waals surface area contributed by atoms with Gasteiger partial charge < -0.3 is 72.7 Å². The summed E-state index contributed by atoms with van der Waals surface area (Å²) in [6, 6.07) is 65.3. The summed E-state index contributed by atoms with van der Waals surface area (Å²) in [4.78, 5) is 28.2. The van der Waals surface area contributed by atoms with Gasteiger partial charge in [0.25, 0.3) is 0 Å². The smallest absolute Gasteiger partial charge is 0.132 e. The van der Waals surface area contributed by atoms with Crippen LogP contribution in [-0.4, -0.2) is 126 Å². The van der Waals surface area contributed by atoms with Crippen molar-refractivity contribution in [2.45, 2.75) is 210 Å². The van der Waals surface area contributed by atoms with Crippen molar-refractivity contribution in [3.63, 3.8) is 0 Å². The number of nitrogens with zero attached hydrogens (tertiary/aromatic N) is 9. The predicted molar refractivity (Wildman–Crippen MR) is 503 cm³/mol. The second kappa shape index (κ2) is 41.6. The van der Waals surface area contributed by atoms with E-state index in [0.29, 0.717) is 69.0 Å². The van der Waals surface area contributed by atoms with Crippen LogP contribution in [0.1, 0.15) is 110 Å². The lowest BCUT2D eigenvalue weighted by Gasteiger charge is -2.27. The Bertz CT molecular complexity index is 5210. The van der Waals surface area contributed by atoms with Crippen LogP contribution in [0.4, 0.5) is 11.6 Å². The van der Waals surface area contributed by atoms with E-state index in [1.54, 1.807) is 30.7 Å². The quantitative estimate of drug-likeness (QED) is 0.0209. The van der Waals surface area contributed by atoms with Gasteiger partial charge in [-0.2, -0.15) is 0 Å². The van der Waals surface area contributed by atoms with Crippen LogP contribution >= 0.6 is 11.6 Å². The molecule has 6 aromatic heterocycles. The Morgan fingerprint density at radius 1 is 0.387 bits per heavy atom. The standard InChI is InChI=1S/2C33H40N4O3Si.C29H32ClN3O3Si.C4H9N/c2*1-41(2,3)17-16-38-23-37-21-30(24-8-5-4-6-9-24)36-33(37)26-18-25-19-28(12-13-31(25)39-22-26)40-29-14-15-34-32(20-29)35-27-10-7-11-27;1-37(2,3)14-13-34-20-33-18-26(21-7-5-4-6-8-21)32-29(33)23-15-22-16-24(9-10-27(22)35-19-23)36-25-11-12-31-28(30)17-25;5-4-2-1-3-4/h2*4-6,8-9,12-15,19-21,26-27H,7,10-11,16-18,22-23H2,1-3H3,(H,34,35);4-12,16-18,23H,13-15,19-20H2,1-3H3;4H,1-3,5H2. The molecule has 12 aromatic rings. The maximum absolute atomic E-state index is 6.26. The molecule has 3 aliphatic heterocycles. The van der Waals surface area contributed by atoms with Crippen LogP contribution in [0.25, 0.3) is 33.8 Å². The molecule has 6 aromatic carbocycles. The molecule has 18 rings (SSSR count). The van der Waals surface area contributed by atoms with Gasteiger partial charge in [0.1, 0.15) is 106 Å². The molecule has 0 spiro atoms. The summed E-state index contributed by atoms with van der Waals surface area (Å²) in [5.41, 5.74) is 14.9. The SMILES string of the molecule is C[Si](C)(C)CCOCn1cc(-c2ccccc2)nc1C1COc2ccc(Oc3ccnc(Cl)c3)cc2C1.C[Si](C)(C)CCOCn1cc(-c2ccccc2)nc1C1COc2ccc(Oc3ccnc(NC4CCC4)c3)cc2C1.C[Si](C)(C)CCOCn1cc(-c2ccccc2)nc1C1COc2ccc(Oc3ccnc(NC4CCC4)c3)cc2C1.NC1CCC1. The fourth-order valence-corrected chi connectivity index (χ4v) is 17.6. The van der Waals surface area contributed by atoms with Crippen molar-refractivity contribution >= 4 is 47.5 Å². The van der Waals surface area contributed by atoms with Crippen molar-refractivity contribution in [2.24, 2.45) is 5.73 Å². The lowest BCUT2D eigenvalue weighted by molar-refractivity contribution is 0.0829. The Morgan fingerprint density at radius 2 is 0.694 bits per heavy atom. The Kier molecular flexibility index (Phi) is 29.7. The average molecular weight is 1740 g/mol. The van der Waals surface area contributed by atoms with Gasteiger partial charge in [0.15, 0.2) is 0 Å². The predicted octanol–water partition coefficient (Wildman–Crippen LogP) is 23.4. The molecule has 6 aliphatic rings. The third-order valence-corrected chi connectivity index (χ3v) is 28.5. The fraction of sp³-hybridized carbons (Fsp3) is 0.394. The van der Waals surface area contributed by atoms with Crippen molar-refractivity contribution < 1.29 is 42.6 Å². The summed E-state index contributed by atoms with van der Waals surface area (Å²) >= 11 is 6.01. The van der Waals surface area contributed by atoms with Crippen molar-refractivity contribution in [1.82, 2.24) is 43.6 Å². The first-order valence-electron chi connectivity index (χ1n) is 44.3. The molecule has 0 amide bonds. The second-order valence-corrected chi connectivity index (χ2v) is 54.3. The molecule has 3 atom stereocenters. The molecule has 650 valence electrons. The third kappa shape index (κ3) is 25.4.